The Morgan fingerprint density at radius 2 is 2.18 bits per heavy atom. The molecule has 1 nitrogen and oxygen atoms in total. The van der Waals surface area contributed by atoms with Crippen molar-refractivity contribution in [1.82, 2.24) is 0 Å². The molecule has 1 aromatic rings. The zero-order valence-electron chi connectivity index (χ0n) is 5.44. The number of halogens is 3. The van der Waals surface area contributed by atoms with E-state index in [2.05, 4.69) is 15.9 Å². The van der Waals surface area contributed by atoms with Gasteiger partial charge in [-0.25, -0.2) is 4.39 Å². The standard InChI is InChI=1S/C7H5BrClFO/c8-6-4(3-9)1-2-5(11)7(6)10/h1-2,11H,3H2. The highest BCUT2D eigenvalue weighted by atomic mass is 79.9. The predicted molar refractivity (Wildman–Crippen MR) is 45.3 cm³/mol. The Hall–Kier alpha value is -0.280. The highest BCUT2D eigenvalue weighted by molar-refractivity contribution is 9.10. The number of phenols is 1. The van der Waals surface area contributed by atoms with E-state index in [4.69, 9.17) is 16.7 Å². The van der Waals surface area contributed by atoms with Crippen LogP contribution in [0.1, 0.15) is 5.56 Å². The fourth-order valence-corrected chi connectivity index (χ4v) is 1.54. The second kappa shape index (κ2) is 3.41. The largest absolute Gasteiger partial charge is 0.505 e. The summed E-state index contributed by atoms with van der Waals surface area (Å²) >= 11 is 8.45. The van der Waals surface area contributed by atoms with Crippen molar-refractivity contribution in [3.05, 3.63) is 28.0 Å². The summed E-state index contributed by atoms with van der Waals surface area (Å²) in [6, 6.07) is 2.84. The normalized spacial score (nSPS) is 10.1. The van der Waals surface area contributed by atoms with Gasteiger partial charge in [-0.1, -0.05) is 6.07 Å². The van der Waals surface area contributed by atoms with Gasteiger partial charge in [-0.15, -0.1) is 11.6 Å². The lowest BCUT2D eigenvalue weighted by Gasteiger charge is -2.01. The second-order valence-electron chi connectivity index (χ2n) is 2.01. The molecule has 0 fully saturated rings. The van der Waals surface area contributed by atoms with Crippen molar-refractivity contribution in [2.45, 2.75) is 5.88 Å². The van der Waals surface area contributed by atoms with Crippen LogP contribution in [0.25, 0.3) is 0 Å². The molecule has 1 N–H and O–H groups in total. The first-order valence-electron chi connectivity index (χ1n) is 2.88. The first kappa shape index (κ1) is 8.81. The highest BCUT2D eigenvalue weighted by Crippen LogP contribution is 2.28. The zero-order valence-corrected chi connectivity index (χ0v) is 7.78. The smallest absolute Gasteiger partial charge is 0.179 e. The maximum atomic E-state index is 12.8. The zero-order chi connectivity index (χ0) is 8.43. The predicted octanol–water partition coefficient (Wildman–Crippen LogP) is 3.03. The van der Waals surface area contributed by atoms with Gasteiger partial charge in [0.15, 0.2) is 11.6 Å². The van der Waals surface area contributed by atoms with E-state index in [-0.39, 0.29) is 16.1 Å². The van der Waals surface area contributed by atoms with Crippen molar-refractivity contribution >= 4 is 27.5 Å². The molecule has 0 aliphatic rings. The lowest BCUT2D eigenvalue weighted by Crippen LogP contribution is -1.85. The SMILES string of the molecule is Oc1ccc(CCl)c(Br)c1F. The molecule has 0 amide bonds. The molecular formula is C7H5BrClFO. The average molecular weight is 239 g/mol. The van der Waals surface area contributed by atoms with E-state index in [1.165, 1.54) is 6.07 Å². The van der Waals surface area contributed by atoms with Crippen LogP contribution in [0.5, 0.6) is 5.75 Å². The molecule has 0 atom stereocenters. The van der Waals surface area contributed by atoms with Crippen LogP contribution in [-0.2, 0) is 5.88 Å². The van der Waals surface area contributed by atoms with Gasteiger partial charge in [-0.2, -0.15) is 0 Å². The molecule has 0 radical (unpaired) electrons. The molecule has 0 spiro atoms. The summed E-state index contributed by atoms with van der Waals surface area (Å²) in [6.07, 6.45) is 0. The van der Waals surface area contributed by atoms with Crippen LogP contribution in [0.3, 0.4) is 0 Å². The minimum absolute atomic E-state index is 0.220. The van der Waals surface area contributed by atoms with Gasteiger partial charge in [0.05, 0.1) is 4.47 Å². The summed E-state index contributed by atoms with van der Waals surface area (Å²) in [5.74, 6) is -0.813. The van der Waals surface area contributed by atoms with Crippen molar-refractivity contribution in [3.8, 4) is 5.75 Å². The summed E-state index contributed by atoms with van der Waals surface area (Å²) in [6.45, 7) is 0. The molecule has 0 aromatic heterocycles. The molecule has 0 bridgehead atoms. The molecule has 0 saturated heterocycles. The number of benzene rings is 1. The van der Waals surface area contributed by atoms with Crippen LogP contribution in [0.2, 0.25) is 0 Å². The van der Waals surface area contributed by atoms with Crippen molar-refractivity contribution in [1.29, 1.82) is 0 Å². The van der Waals surface area contributed by atoms with E-state index < -0.39 is 5.82 Å². The lowest BCUT2D eigenvalue weighted by molar-refractivity contribution is 0.430. The molecule has 0 aliphatic carbocycles. The third kappa shape index (κ3) is 1.65. The van der Waals surface area contributed by atoms with Crippen molar-refractivity contribution in [2.75, 3.05) is 0 Å². The Bertz CT molecular complexity index is 277. The summed E-state index contributed by atoms with van der Waals surface area (Å²) in [5, 5.41) is 8.87. The fraction of sp³-hybridized carbons (Fsp3) is 0.143. The maximum Gasteiger partial charge on any atom is 0.179 e. The molecule has 0 saturated carbocycles. The van der Waals surface area contributed by atoms with Gasteiger partial charge >= 0.3 is 0 Å². The number of hydrogen-bond donors (Lipinski definition) is 1. The Morgan fingerprint density at radius 1 is 1.55 bits per heavy atom. The van der Waals surface area contributed by atoms with E-state index in [1.807, 2.05) is 0 Å². The Balaban J connectivity index is 3.25. The molecule has 0 heterocycles. The number of aromatic hydroxyl groups is 1. The van der Waals surface area contributed by atoms with Crippen LogP contribution in [0, 0.1) is 5.82 Å². The third-order valence-electron chi connectivity index (χ3n) is 1.29. The molecule has 4 heteroatoms. The van der Waals surface area contributed by atoms with Gasteiger partial charge in [0, 0.05) is 5.88 Å². The van der Waals surface area contributed by atoms with Crippen LogP contribution >= 0.6 is 27.5 Å². The van der Waals surface area contributed by atoms with Crippen molar-refractivity contribution in [2.24, 2.45) is 0 Å². The van der Waals surface area contributed by atoms with E-state index in [1.54, 1.807) is 6.07 Å². The fourth-order valence-electron chi connectivity index (χ4n) is 0.682. The number of alkyl halides is 1. The summed E-state index contributed by atoms with van der Waals surface area (Å²) in [5.41, 5.74) is 0.627. The van der Waals surface area contributed by atoms with Gasteiger partial charge in [0.25, 0.3) is 0 Å². The lowest BCUT2D eigenvalue weighted by atomic mass is 10.2. The molecule has 11 heavy (non-hydrogen) atoms. The average Bonchev–Trinajstić information content (AvgIpc) is 2.01. The van der Waals surface area contributed by atoms with E-state index in [0.717, 1.165) is 0 Å². The van der Waals surface area contributed by atoms with Gasteiger partial charge in [-0.05, 0) is 27.6 Å². The van der Waals surface area contributed by atoms with Crippen LogP contribution < -0.4 is 0 Å². The molecule has 1 aromatic carbocycles. The number of phenolic OH excluding ortho intramolecular Hbond substituents is 1. The second-order valence-corrected chi connectivity index (χ2v) is 3.07. The summed E-state index contributed by atoms with van der Waals surface area (Å²) < 4.78 is 13.1. The summed E-state index contributed by atoms with van der Waals surface area (Å²) in [4.78, 5) is 0. The highest BCUT2D eigenvalue weighted by Gasteiger charge is 2.08. The Kier molecular flexibility index (Phi) is 2.73. The van der Waals surface area contributed by atoms with Crippen LogP contribution in [0.4, 0.5) is 4.39 Å². The van der Waals surface area contributed by atoms with Gasteiger partial charge in [-0.3, -0.25) is 0 Å². The van der Waals surface area contributed by atoms with Crippen molar-refractivity contribution in [3.63, 3.8) is 0 Å². The molecule has 0 unspecified atom stereocenters. The first-order valence-corrected chi connectivity index (χ1v) is 4.21. The van der Waals surface area contributed by atoms with Gasteiger partial charge < -0.3 is 5.11 Å². The minimum atomic E-state index is -0.664. The maximum absolute atomic E-state index is 12.8. The first-order chi connectivity index (χ1) is 5.16. The third-order valence-corrected chi connectivity index (χ3v) is 2.43. The molecule has 60 valence electrons. The van der Waals surface area contributed by atoms with E-state index in [0.29, 0.717) is 5.56 Å². The van der Waals surface area contributed by atoms with E-state index >= 15 is 0 Å². The molecule has 1 rings (SSSR count). The molecule has 0 aliphatic heterocycles. The van der Waals surface area contributed by atoms with Gasteiger partial charge in [0.1, 0.15) is 0 Å². The quantitative estimate of drug-likeness (QED) is 0.747. The Labute approximate surface area is 76.9 Å². The topological polar surface area (TPSA) is 20.2 Å². The van der Waals surface area contributed by atoms with E-state index in [9.17, 15) is 4.39 Å². The number of rotatable bonds is 1. The molecular weight excluding hydrogens is 234 g/mol. The van der Waals surface area contributed by atoms with Crippen LogP contribution in [0.15, 0.2) is 16.6 Å². The minimum Gasteiger partial charge on any atom is -0.505 e. The number of hydrogen-bond acceptors (Lipinski definition) is 1. The Morgan fingerprint density at radius 3 is 2.73 bits per heavy atom. The van der Waals surface area contributed by atoms with Crippen LogP contribution in [-0.4, -0.2) is 5.11 Å². The van der Waals surface area contributed by atoms with Crippen molar-refractivity contribution < 1.29 is 9.50 Å². The summed E-state index contributed by atoms with van der Waals surface area (Å²) in [7, 11) is 0. The monoisotopic (exact) mass is 238 g/mol. The van der Waals surface area contributed by atoms with Gasteiger partial charge in [0.2, 0.25) is 0 Å².